The van der Waals surface area contributed by atoms with Gasteiger partial charge in [-0.05, 0) is 55.7 Å². The number of benzene rings is 1. The number of carbonyl (C=O) groups excluding carboxylic acids is 1. The molecular weight excluding hydrogens is 416 g/mol. The molecule has 1 aromatic carbocycles. The van der Waals surface area contributed by atoms with Crippen LogP contribution in [0.4, 0.5) is 5.82 Å². The molecule has 1 aromatic heterocycles. The number of hydrogen-bond donors (Lipinski definition) is 0. The van der Waals surface area contributed by atoms with Crippen LogP contribution >= 0.6 is 23.4 Å². The molecule has 0 saturated carbocycles. The van der Waals surface area contributed by atoms with E-state index in [0.29, 0.717) is 22.0 Å². The Hall–Kier alpha value is -1.79. The summed E-state index contributed by atoms with van der Waals surface area (Å²) < 4.78 is 0. The van der Waals surface area contributed by atoms with Crippen molar-refractivity contribution in [2.45, 2.75) is 49.9 Å². The van der Waals surface area contributed by atoms with Crippen molar-refractivity contribution >= 4 is 35.1 Å². The fourth-order valence-electron chi connectivity index (χ4n) is 4.07. The first-order valence-electron chi connectivity index (χ1n) is 10.9. The number of halogens is 1. The zero-order valence-corrected chi connectivity index (χ0v) is 19.1. The fourth-order valence-corrected chi connectivity index (χ4v) is 5.10. The predicted molar refractivity (Wildman–Crippen MR) is 123 cm³/mol. The van der Waals surface area contributed by atoms with E-state index < -0.39 is 0 Å². The second-order valence-corrected chi connectivity index (χ2v) is 9.67. The Bertz CT molecular complexity index is 879. The molecule has 7 heteroatoms. The first-order chi connectivity index (χ1) is 14.6. The maximum atomic E-state index is 12.9. The highest BCUT2D eigenvalue weighted by molar-refractivity contribution is 7.98. The number of thioether (sulfide) groups is 1. The third-order valence-electron chi connectivity index (χ3n) is 5.95. The Labute approximate surface area is 188 Å². The molecule has 160 valence electrons. The second kappa shape index (κ2) is 10.0. The summed E-state index contributed by atoms with van der Waals surface area (Å²) in [4.78, 5) is 26.3. The van der Waals surface area contributed by atoms with E-state index >= 15 is 0 Å². The topological polar surface area (TPSA) is 49.3 Å². The number of rotatable bonds is 5. The molecule has 0 N–H and O–H groups in total. The molecular formula is C23H29ClN4OS. The molecule has 5 nitrogen and oxygen atoms in total. The summed E-state index contributed by atoms with van der Waals surface area (Å²) in [6, 6.07) is 9.80. The molecule has 2 aliphatic rings. The van der Waals surface area contributed by atoms with Crippen LogP contribution in [0.15, 0.2) is 35.5 Å². The summed E-state index contributed by atoms with van der Waals surface area (Å²) >= 11 is 7.84. The summed E-state index contributed by atoms with van der Waals surface area (Å²) in [5.74, 6) is 2.47. The van der Waals surface area contributed by atoms with E-state index in [1.165, 1.54) is 19.3 Å². The van der Waals surface area contributed by atoms with Gasteiger partial charge in [0.1, 0.15) is 11.0 Å². The minimum Gasteiger partial charge on any atom is -0.356 e. The van der Waals surface area contributed by atoms with Gasteiger partial charge in [0.25, 0.3) is 5.91 Å². The van der Waals surface area contributed by atoms with Crippen molar-refractivity contribution in [3.63, 3.8) is 0 Å². The third kappa shape index (κ3) is 5.46. The number of carbonyl (C=O) groups is 1. The number of nitrogens with zero attached hydrogens (tertiary/aromatic N) is 4. The summed E-state index contributed by atoms with van der Waals surface area (Å²) in [6.45, 7) is 6.02. The van der Waals surface area contributed by atoms with E-state index in [2.05, 4.69) is 22.9 Å². The van der Waals surface area contributed by atoms with Gasteiger partial charge >= 0.3 is 0 Å². The maximum Gasteiger partial charge on any atom is 0.253 e. The number of hydrogen-bond acceptors (Lipinski definition) is 5. The van der Waals surface area contributed by atoms with Gasteiger partial charge in [0.2, 0.25) is 0 Å². The lowest BCUT2D eigenvalue weighted by Gasteiger charge is -2.30. The van der Waals surface area contributed by atoms with Crippen LogP contribution in [0.3, 0.4) is 0 Å². The van der Waals surface area contributed by atoms with Gasteiger partial charge in [0.15, 0.2) is 5.16 Å². The van der Waals surface area contributed by atoms with Crippen molar-refractivity contribution in [2.75, 3.05) is 31.1 Å². The van der Waals surface area contributed by atoms with E-state index in [4.69, 9.17) is 16.6 Å². The van der Waals surface area contributed by atoms with Crippen LogP contribution in [0.2, 0.25) is 5.15 Å². The molecule has 0 atom stereocenters. The number of amides is 1. The molecule has 2 aromatic rings. The minimum absolute atomic E-state index is 0.139. The van der Waals surface area contributed by atoms with Crippen LogP contribution in [0.5, 0.6) is 0 Å². The van der Waals surface area contributed by atoms with E-state index in [1.807, 2.05) is 29.2 Å². The van der Waals surface area contributed by atoms with Gasteiger partial charge in [0.05, 0.1) is 0 Å². The van der Waals surface area contributed by atoms with Crippen molar-refractivity contribution in [1.82, 2.24) is 14.9 Å². The molecule has 0 bridgehead atoms. The van der Waals surface area contributed by atoms with Gasteiger partial charge < -0.3 is 9.80 Å². The highest BCUT2D eigenvalue weighted by Crippen LogP contribution is 2.27. The summed E-state index contributed by atoms with van der Waals surface area (Å²) in [6.07, 6.45) is 5.85. The largest absolute Gasteiger partial charge is 0.356 e. The van der Waals surface area contributed by atoms with Crippen LogP contribution < -0.4 is 4.90 Å². The van der Waals surface area contributed by atoms with Gasteiger partial charge in [-0.3, -0.25) is 4.79 Å². The zero-order valence-electron chi connectivity index (χ0n) is 17.5. The first kappa shape index (κ1) is 21.4. The maximum absolute atomic E-state index is 12.9. The smallest absolute Gasteiger partial charge is 0.253 e. The van der Waals surface area contributed by atoms with Crippen molar-refractivity contribution in [1.29, 1.82) is 0 Å². The molecule has 0 spiro atoms. The van der Waals surface area contributed by atoms with E-state index in [0.717, 1.165) is 56.0 Å². The number of piperidine rings is 2. The molecule has 3 heterocycles. The lowest BCUT2D eigenvalue weighted by molar-refractivity contribution is 0.0697. The number of likely N-dealkylation sites (tertiary alicyclic amines) is 1. The average molecular weight is 445 g/mol. The van der Waals surface area contributed by atoms with Gasteiger partial charge in [-0.2, -0.15) is 0 Å². The fraction of sp³-hybridized carbons (Fsp3) is 0.522. The first-order valence-corrected chi connectivity index (χ1v) is 12.3. The Kier molecular flexibility index (Phi) is 7.16. The minimum atomic E-state index is 0.139. The van der Waals surface area contributed by atoms with Crippen molar-refractivity contribution in [3.05, 3.63) is 46.6 Å². The standard InChI is InChI=1S/C23H29ClN4OS/c1-17-8-12-28(13-9-17)22(29)19-7-5-6-18(14-19)16-30-23-25-20(24)15-21(26-23)27-10-3-2-4-11-27/h5-7,14-15,17H,2-4,8-13,16H2,1H3. The van der Waals surface area contributed by atoms with Gasteiger partial charge in [0, 0.05) is 43.6 Å². The average Bonchev–Trinajstić information content (AvgIpc) is 2.78. The lowest BCUT2D eigenvalue weighted by atomic mass is 9.98. The summed E-state index contributed by atoms with van der Waals surface area (Å²) in [7, 11) is 0. The van der Waals surface area contributed by atoms with Gasteiger partial charge in [-0.25, -0.2) is 9.97 Å². The monoisotopic (exact) mass is 444 g/mol. The quantitative estimate of drug-likeness (QED) is 0.356. The van der Waals surface area contributed by atoms with Crippen molar-refractivity contribution in [2.24, 2.45) is 5.92 Å². The molecule has 30 heavy (non-hydrogen) atoms. The Morgan fingerprint density at radius 1 is 1.10 bits per heavy atom. The van der Waals surface area contributed by atoms with Crippen molar-refractivity contribution in [3.8, 4) is 0 Å². The number of aromatic nitrogens is 2. The predicted octanol–water partition coefficient (Wildman–Crippen LogP) is 5.28. The summed E-state index contributed by atoms with van der Waals surface area (Å²) in [5, 5.41) is 1.17. The molecule has 2 saturated heterocycles. The molecule has 2 aliphatic heterocycles. The highest BCUT2D eigenvalue weighted by Gasteiger charge is 2.21. The van der Waals surface area contributed by atoms with Crippen LogP contribution in [-0.4, -0.2) is 47.0 Å². The molecule has 0 radical (unpaired) electrons. The lowest BCUT2D eigenvalue weighted by Crippen LogP contribution is -2.37. The van der Waals surface area contributed by atoms with E-state index in [9.17, 15) is 4.79 Å². The normalized spacial score (nSPS) is 17.9. The molecule has 0 aliphatic carbocycles. The molecule has 4 rings (SSSR count). The van der Waals surface area contributed by atoms with Crippen LogP contribution in [0.1, 0.15) is 54.9 Å². The summed E-state index contributed by atoms with van der Waals surface area (Å²) in [5.41, 5.74) is 1.86. The molecule has 1 amide bonds. The molecule has 2 fully saturated rings. The van der Waals surface area contributed by atoms with Crippen LogP contribution in [-0.2, 0) is 5.75 Å². The third-order valence-corrected chi connectivity index (χ3v) is 7.07. The molecule has 0 unspecified atom stereocenters. The van der Waals surface area contributed by atoms with E-state index in [-0.39, 0.29) is 5.91 Å². The Balaban J connectivity index is 1.41. The van der Waals surface area contributed by atoms with Gasteiger partial charge in [-0.1, -0.05) is 42.4 Å². The Morgan fingerprint density at radius 3 is 2.63 bits per heavy atom. The highest BCUT2D eigenvalue weighted by atomic mass is 35.5. The van der Waals surface area contributed by atoms with E-state index in [1.54, 1.807) is 11.8 Å². The van der Waals surface area contributed by atoms with Crippen LogP contribution in [0, 0.1) is 5.92 Å². The van der Waals surface area contributed by atoms with Crippen molar-refractivity contribution < 1.29 is 4.79 Å². The Morgan fingerprint density at radius 2 is 1.87 bits per heavy atom. The second-order valence-electron chi connectivity index (χ2n) is 8.34. The zero-order chi connectivity index (χ0) is 20.9. The number of anilines is 1. The van der Waals surface area contributed by atoms with Gasteiger partial charge in [-0.15, -0.1) is 0 Å². The van der Waals surface area contributed by atoms with Crippen LogP contribution in [0.25, 0.3) is 0 Å². The SMILES string of the molecule is CC1CCN(C(=O)c2cccc(CSc3nc(Cl)cc(N4CCCCC4)n3)c2)CC1.